The van der Waals surface area contributed by atoms with Crippen LogP contribution in [0, 0.1) is 0 Å². The Hall–Kier alpha value is -6.06. The van der Waals surface area contributed by atoms with Gasteiger partial charge in [-0.05, 0) is 51.9 Å². The molecule has 0 saturated heterocycles. The first-order valence-electron chi connectivity index (χ1n) is 16.0. The molecule has 2 heterocycles. The van der Waals surface area contributed by atoms with Gasteiger partial charge in [-0.15, -0.1) is 0 Å². The lowest BCUT2D eigenvalue weighted by Gasteiger charge is -2.37. The molecule has 0 fully saturated rings. The molecule has 0 spiro atoms. The Bertz CT molecular complexity index is 2330. The van der Waals surface area contributed by atoms with Crippen LogP contribution < -0.4 is 0 Å². The fourth-order valence-electron chi connectivity index (χ4n) is 7.16. The van der Waals surface area contributed by atoms with Gasteiger partial charge in [-0.2, -0.15) is 0 Å². The standard InChI is InChI=1S/C44H33N3/c1-3-4-7-18-31(2)44(33-21-10-6-11-22-33)39-27-16-14-25-36(39)34-23-12-13-24-35(34)38-29-47(30-40(38)44)43-45-41-28-17-15-26-37(41)42(46-43)32-19-8-5-9-20-32/h3-30H,2H2,1H3/b4-3-,18-7-. The molecule has 1 aliphatic carbocycles. The Labute approximate surface area is 275 Å². The second kappa shape index (κ2) is 11.7. The fraction of sp³-hybridized carbons (Fsp3) is 0.0455. The lowest BCUT2D eigenvalue weighted by atomic mass is 9.64. The minimum Gasteiger partial charge on any atom is -0.292 e. The second-order valence-electron chi connectivity index (χ2n) is 11.9. The number of hydrogen-bond acceptors (Lipinski definition) is 2. The van der Waals surface area contributed by atoms with Crippen LogP contribution >= 0.6 is 0 Å². The van der Waals surface area contributed by atoms with Gasteiger partial charge in [0, 0.05) is 28.9 Å². The Balaban J connectivity index is 1.48. The van der Waals surface area contributed by atoms with E-state index in [0.29, 0.717) is 5.95 Å². The highest BCUT2D eigenvalue weighted by Gasteiger charge is 2.44. The lowest BCUT2D eigenvalue weighted by molar-refractivity contribution is 0.750. The summed E-state index contributed by atoms with van der Waals surface area (Å²) in [5.41, 5.74) is 11.3. The maximum absolute atomic E-state index is 5.24. The summed E-state index contributed by atoms with van der Waals surface area (Å²) in [6.07, 6.45) is 12.8. The average Bonchev–Trinajstić information content (AvgIpc) is 3.54. The minimum atomic E-state index is -0.700. The molecule has 0 radical (unpaired) electrons. The van der Waals surface area contributed by atoms with Gasteiger partial charge in [-0.25, -0.2) is 9.97 Å². The Morgan fingerprint density at radius 2 is 1.26 bits per heavy atom. The normalized spacial score (nSPS) is 15.3. The summed E-state index contributed by atoms with van der Waals surface area (Å²) in [4.78, 5) is 10.4. The van der Waals surface area contributed by atoms with Crippen molar-refractivity contribution in [2.45, 2.75) is 12.3 Å². The van der Waals surface area contributed by atoms with Crippen LogP contribution in [0.1, 0.15) is 23.6 Å². The van der Waals surface area contributed by atoms with Crippen LogP contribution in [-0.4, -0.2) is 14.5 Å². The number of hydrogen-bond donors (Lipinski definition) is 0. The predicted octanol–water partition coefficient (Wildman–Crippen LogP) is 10.8. The van der Waals surface area contributed by atoms with Crippen LogP contribution in [0.15, 0.2) is 182 Å². The smallest absolute Gasteiger partial charge is 0.234 e. The van der Waals surface area contributed by atoms with E-state index in [1.165, 1.54) is 22.3 Å². The van der Waals surface area contributed by atoms with Gasteiger partial charge in [-0.3, -0.25) is 4.57 Å². The highest BCUT2D eigenvalue weighted by atomic mass is 15.1. The molecule has 0 aliphatic heterocycles. The number of nitrogens with zero attached hydrogens (tertiary/aromatic N) is 3. The van der Waals surface area contributed by atoms with Gasteiger partial charge >= 0.3 is 0 Å². The van der Waals surface area contributed by atoms with Crippen molar-refractivity contribution in [2.75, 3.05) is 0 Å². The molecular weight excluding hydrogens is 571 g/mol. The van der Waals surface area contributed by atoms with E-state index in [1.54, 1.807) is 0 Å². The van der Waals surface area contributed by atoms with Crippen LogP contribution in [0.4, 0.5) is 0 Å². The first-order valence-corrected chi connectivity index (χ1v) is 16.0. The van der Waals surface area contributed by atoms with Gasteiger partial charge in [0.1, 0.15) is 0 Å². The third-order valence-electron chi connectivity index (χ3n) is 9.23. The van der Waals surface area contributed by atoms with E-state index in [4.69, 9.17) is 16.5 Å². The van der Waals surface area contributed by atoms with Gasteiger partial charge in [-0.1, -0.05) is 158 Å². The summed E-state index contributed by atoms with van der Waals surface area (Å²) in [6.45, 7) is 6.85. The zero-order valence-electron chi connectivity index (χ0n) is 26.2. The van der Waals surface area contributed by atoms with Crippen LogP contribution in [0.25, 0.3) is 50.4 Å². The van der Waals surface area contributed by atoms with Gasteiger partial charge in [0.2, 0.25) is 5.95 Å². The van der Waals surface area contributed by atoms with E-state index in [0.717, 1.165) is 44.4 Å². The van der Waals surface area contributed by atoms with Crippen molar-refractivity contribution in [3.63, 3.8) is 0 Å². The minimum absolute atomic E-state index is 0.624. The Kier molecular flexibility index (Phi) is 7.08. The van der Waals surface area contributed by atoms with Crippen molar-refractivity contribution >= 4 is 10.9 Å². The fourth-order valence-corrected chi connectivity index (χ4v) is 7.16. The van der Waals surface area contributed by atoms with Crippen molar-refractivity contribution in [2.24, 2.45) is 0 Å². The number of fused-ring (bicyclic) bond motifs is 6. The summed E-state index contributed by atoms with van der Waals surface area (Å²) < 4.78 is 2.11. The molecule has 1 aliphatic rings. The average molecular weight is 604 g/mol. The van der Waals surface area contributed by atoms with Crippen LogP contribution in [0.5, 0.6) is 0 Å². The summed E-state index contributed by atoms with van der Waals surface area (Å²) in [5.74, 6) is 0.624. The highest BCUT2D eigenvalue weighted by Crippen LogP contribution is 2.55. The molecular formula is C44H33N3. The first kappa shape index (κ1) is 28.4. The zero-order chi connectivity index (χ0) is 31.8. The predicted molar refractivity (Wildman–Crippen MR) is 195 cm³/mol. The Morgan fingerprint density at radius 3 is 2.02 bits per heavy atom. The molecule has 3 nitrogen and oxygen atoms in total. The Morgan fingerprint density at radius 1 is 0.617 bits per heavy atom. The summed E-state index contributed by atoms with van der Waals surface area (Å²) in [7, 11) is 0. The summed E-state index contributed by atoms with van der Waals surface area (Å²) in [5, 5.41) is 1.02. The molecule has 1 atom stereocenters. The largest absolute Gasteiger partial charge is 0.292 e. The monoisotopic (exact) mass is 603 g/mol. The molecule has 5 aromatic carbocycles. The molecule has 3 heteroatoms. The maximum Gasteiger partial charge on any atom is 0.234 e. The van der Waals surface area contributed by atoms with Gasteiger partial charge < -0.3 is 0 Å². The van der Waals surface area contributed by atoms with E-state index in [9.17, 15) is 0 Å². The van der Waals surface area contributed by atoms with Crippen molar-refractivity contribution < 1.29 is 0 Å². The van der Waals surface area contributed by atoms with E-state index < -0.39 is 5.41 Å². The molecule has 47 heavy (non-hydrogen) atoms. The third kappa shape index (κ3) is 4.59. The molecule has 0 saturated carbocycles. The van der Waals surface area contributed by atoms with E-state index in [-0.39, 0.29) is 0 Å². The molecule has 2 aromatic heterocycles. The van der Waals surface area contributed by atoms with Crippen molar-refractivity contribution in [1.29, 1.82) is 0 Å². The number of allylic oxidation sites excluding steroid dienone is 5. The zero-order valence-corrected chi connectivity index (χ0v) is 26.2. The number of benzene rings is 5. The van der Waals surface area contributed by atoms with Crippen molar-refractivity contribution in [3.8, 4) is 39.5 Å². The van der Waals surface area contributed by atoms with E-state index in [1.807, 2.05) is 31.2 Å². The van der Waals surface area contributed by atoms with Gasteiger partial charge in [0.25, 0.3) is 0 Å². The van der Waals surface area contributed by atoms with Gasteiger partial charge in [0.05, 0.1) is 16.6 Å². The molecule has 8 rings (SSSR count). The summed E-state index contributed by atoms with van der Waals surface area (Å²) in [6, 6.07) is 46.9. The molecule has 224 valence electrons. The molecule has 0 N–H and O–H groups in total. The van der Waals surface area contributed by atoms with Crippen LogP contribution in [0.2, 0.25) is 0 Å². The number of rotatable bonds is 6. The SMILES string of the molecule is C=C(/C=C\C=C/C)C1(c2ccccc2)c2ccccc2-c2ccccc2-c2cn(-c3nc(-c4ccccc4)c4ccccc4n3)cc21. The number of aromatic nitrogens is 3. The number of para-hydroxylation sites is 1. The van der Waals surface area contributed by atoms with Crippen molar-refractivity contribution in [1.82, 2.24) is 14.5 Å². The van der Waals surface area contributed by atoms with E-state index in [2.05, 4.69) is 150 Å². The molecule has 0 amide bonds. The lowest BCUT2D eigenvalue weighted by Crippen LogP contribution is -2.31. The van der Waals surface area contributed by atoms with Crippen LogP contribution in [-0.2, 0) is 5.41 Å². The highest BCUT2D eigenvalue weighted by molar-refractivity contribution is 5.94. The molecule has 7 aromatic rings. The first-order chi connectivity index (χ1) is 23.2. The molecule has 0 bridgehead atoms. The summed E-state index contributed by atoms with van der Waals surface area (Å²) >= 11 is 0. The van der Waals surface area contributed by atoms with Gasteiger partial charge in [0.15, 0.2) is 0 Å². The van der Waals surface area contributed by atoms with Crippen molar-refractivity contribution in [3.05, 3.63) is 199 Å². The second-order valence-corrected chi connectivity index (χ2v) is 11.9. The third-order valence-corrected chi connectivity index (χ3v) is 9.23. The molecule has 1 unspecified atom stereocenters. The topological polar surface area (TPSA) is 30.7 Å². The quantitative estimate of drug-likeness (QED) is 0.177. The van der Waals surface area contributed by atoms with Crippen LogP contribution in [0.3, 0.4) is 0 Å². The van der Waals surface area contributed by atoms with E-state index >= 15 is 0 Å². The maximum atomic E-state index is 5.24.